The number of carboxylic acids is 1. The van der Waals surface area contributed by atoms with Gasteiger partial charge in [0.25, 0.3) is 6.01 Å². The van der Waals surface area contributed by atoms with E-state index in [1.807, 2.05) is 61.2 Å². The van der Waals surface area contributed by atoms with E-state index in [-0.39, 0.29) is 36.2 Å². The molecule has 4 rings (SSSR count). The number of anilines is 3. The van der Waals surface area contributed by atoms with E-state index in [9.17, 15) is 9.59 Å². The number of nitrogens with zero attached hydrogens (tertiary/aromatic N) is 2. The van der Waals surface area contributed by atoms with Gasteiger partial charge in [0.05, 0.1) is 23.7 Å². The van der Waals surface area contributed by atoms with E-state index in [1.165, 1.54) is 12.1 Å². The summed E-state index contributed by atoms with van der Waals surface area (Å²) in [6, 6.07) is 18.0. The van der Waals surface area contributed by atoms with Gasteiger partial charge in [-0.3, -0.25) is 4.79 Å². The van der Waals surface area contributed by atoms with E-state index >= 15 is 0 Å². The van der Waals surface area contributed by atoms with Crippen LogP contribution < -0.4 is 15.8 Å². The van der Waals surface area contributed by atoms with Crippen molar-refractivity contribution in [3.8, 4) is 5.75 Å². The van der Waals surface area contributed by atoms with Crippen LogP contribution in [-0.4, -0.2) is 46.1 Å². The molecule has 40 heavy (non-hydrogen) atoms. The average Bonchev–Trinajstić information content (AvgIpc) is 3.33. The van der Waals surface area contributed by atoms with Crippen molar-refractivity contribution in [2.75, 3.05) is 24.2 Å². The van der Waals surface area contributed by atoms with E-state index in [1.54, 1.807) is 6.07 Å². The number of hydrogen-bond donors (Lipinski definition) is 3. The highest BCUT2D eigenvalue weighted by Gasteiger charge is 2.23. The van der Waals surface area contributed by atoms with Crippen molar-refractivity contribution in [1.82, 2.24) is 9.88 Å². The largest absolute Gasteiger partial charge is 0.489 e. The number of rotatable bonds is 12. The molecule has 0 fully saturated rings. The molecule has 0 bridgehead atoms. The topological polar surface area (TPSA) is 131 Å². The molecule has 2 atom stereocenters. The second-order valence-corrected chi connectivity index (χ2v) is 10.2. The number of nitrogens with two attached hydrogens (primary N) is 1. The molecule has 2 unspecified atom stereocenters. The molecule has 0 saturated carbocycles. The number of carbonyl (C=O) groups is 2. The first kappa shape index (κ1) is 28.5. The van der Waals surface area contributed by atoms with E-state index in [0.717, 1.165) is 23.2 Å². The molecule has 0 aliphatic rings. The number of ether oxygens (including phenoxy) is 1. The Bertz CT molecular complexity index is 1500. The molecule has 1 amide bonds. The zero-order valence-corrected chi connectivity index (χ0v) is 23.3. The highest BCUT2D eigenvalue weighted by molar-refractivity contribution is 5.89. The second-order valence-electron chi connectivity index (χ2n) is 10.2. The minimum atomic E-state index is -1.06. The Balaban J connectivity index is 1.46. The number of carbonyl (C=O) groups excluding carboxylic acids is 1. The van der Waals surface area contributed by atoms with Crippen LogP contribution in [0.3, 0.4) is 0 Å². The monoisotopic (exact) mass is 544 g/mol. The van der Waals surface area contributed by atoms with Crippen molar-refractivity contribution in [3.63, 3.8) is 0 Å². The highest BCUT2D eigenvalue weighted by Crippen LogP contribution is 2.26. The van der Waals surface area contributed by atoms with Gasteiger partial charge >= 0.3 is 5.97 Å². The lowest BCUT2D eigenvalue weighted by molar-refractivity contribution is -0.133. The Morgan fingerprint density at radius 2 is 1.90 bits per heavy atom. The van der Waals surface area contributed by atoms with Crippen LogP contribution in [0.5, 0.6) is 5.75 Å². The lowest BCUT2D eigenvalue weighted by Gasteiger charge is -2.31. The predicted octanol–water partition coefficient (Wildman–Crippen LogP) is 6.04. The van der Waals surface area contributed by atoms with E-state index < -0.39 is 5.97 Å². The lowest BCUT2D eigenvalue weighted by Crippen LogP contribution is -2.45. The standard InChI is InChI=1S/C31H36N4O5/c1-5-19(2)17-35(21(4)18-39-27-13-11-23(30(37)38)16-24(27)32)29(36)15-22-10-12-26-28(14-22)40-31(34-26)33-25-9-7-6-8-20(25)3/h6-14,16,19,21H,5,15,17-18,32H2,1-4H3,(H,33,34)(H,37,38). The number of nitrogens with one attached hydrogen (secondary N) is 1. The van der Waals surface area contributed by atoms with Crippen molar-refractivity contribution in [1.29, 1.82) is 0 Å². The molecule has 0 radical (unpaired) electrons. The Morgan fingerprint density at radius 1 is 1.12 bits per heavy atom. The van der Waals surface area contributed by atoms with Gasteiger partial charge in [-0.1, -0.05) is 44.5 Å². The molecule has 4 aromatic rings. The van der Waals surface area contributed by atoms with Crippen molar-refractivity contribution in [2.24, 2.45) is 5.92 Å². The second kappa shape index (κ2) is 12.5. The summed E-state index contributed by atoms with van der Waals surface area (Å²) in [6.07, 6.45) is 1.13. The first-order valence-corrected chi connectivity index (χ1v) is 13.4. The van der Waals surface area contributed by atoms with Crippen molar-refractivity contribution >= 4 is 40.4 Å². The Kier molecular flexibility index (Phi) is 8.93. The number of carboxylic acid groups (broad SMARTS) is 1. The number of benzene rings is 3. The fourth-order valence-electron chi connectivity index (χ4n) is 4.34. The first-order chi connectivity index (χ1) is 19.1. The molecule has 1 heterocycles. The van der Waals surface area contributed by atoms with Crippen molar-refractivity contribution in [2.45, 2.75) is 46.6 Å². The van der Waals surface area contributed by atoms with E-state index in [2.05, 4.69) is 24.1 Å². The van der Waals surface area contributed by atoms with Crippen LogP contribution in [0.4, 0.5) is 17.4 Å². The lowest BCUT2D eigenvalue weighted by atomic mass is 10.1. The molecule has 0 aliphatic carbocycles. The summed E-state index contributed by atoms with van der Waals surface area (Å²) in [6.45, 7) is 8.96. The fraction of sp³-hybridized carbons (Fsp3) is 0.323. The maximum absolute atomic E-state index is 13.5. The van der Waals surface area contributed by atoms with E-state index in [0.29, 0.717) is 35.3 Å². The number of aromatic carboxylic acids is 1. The average molecular weight is 545 g/mol. The first-order valence-electron chi connectivity index (χ1n) is 13.4. The normalized spacial score (nSPS) is 12.6. The third-order valence-corrected chi connectivity index (χ3v) is 6.99. The molecule has 0 saturated heterocycles. The minimum Gasteiger partial charge on any atom is -0.489 e. The van der Waals surface area contributed by atoms with Crippen molar-refractivity contribution < 1.29 is 23.8 Å². The number of para-hydroxylation sites is 1. The Labute approximate surface area is 234 Å². The van der Waals surface area contributed by atoms with Gasteiger partial charge in [0.15, 0.2) is 5.58 Å². The Hall–Kier alpha value is -4.53. The van der Waals surface area contributed by atoms with Gasteiger partial charge in [0.1, 0.15) is 17.9 Å². The predicted molar refractivity (Wildman–Crippen MR) is 156 cm³/mol. The summed E-state index contributed by atoms with van der Waals surface area (Å²) in [7, 11) is 0. The molecule has 0 spiro atoms. The summed E-state index contributed by atoms with van der Waals surface area (Å²) < 4.78 is 11.9. The van der Waals surface area contributed by atoms with Crippen LogP contribution in [-0.2, 0) is 11.2 Å². The van der Waals surface area contributed by atoms with Gasteiger partial charge < -0.3 is 30.2 Å². The third-order valence-electron chi connectivity index (χ3n) is 6.99. The molecule has 0 aliphatic heterocycles. The maximum atomic E-state index is 13.5. The van der Waals surface area contributed by atoms with Gasteiger partial charge in [0.2, 0.25) is 5.91 Å². The fourth-order valence-corrected chi connectivity index (χ4v) is 4.34. The van der Waals surface area contributed by atoms with Crippen LogP contribution in [0.15, 0.2) is 65.1 Å². The van der Waals surface area contributed by atoms with Crippen LogP contribution >= 0.6 is 0 Å². The summed E-state index contributed by atoms with van der Waals surface area (Å²) in [5, 5.41) is 12.4. The molecule has 9 heteroatoms. The molecular weight excluding hydrogens is 508 g/mol. The number of aromatic nitrogens is 1. The van der Waals surface area contributed by atoms with Gasteiger partial charge in [-0.05, 0) is 67.3 Å². The zero-order chi connectivity index (χ0) is 28.8. The van der Waals surface area contributed by atoms with Gasteiger partial charge in [0, 0.05) is 12.2 Å². The molecule has 9 nitrogen and oxygen atoms in total. The Morgan fingerprint density at radius 3 is 2.60 bits per heavy atom. The van der Waals surface area contributed by atoms with Crippen LogP contribution in [0, 0.1) is 12.8 Å². The number of fused-ring (bicyclic) bond motifs is 1. The highest BCUT2D eigenvalue weighted by atomic mass is 16.5. The van der Waals surface area contributed by atoms with Crippen LogP contribution in [0.2, 0.25) is 0 Å². The van der Waals surface area contributed by atoms with Crippen LogP contribution in [0.1, 0.15) is 48.7 Å². The summed E-state index contributed by atoms with van der Waals surface area (Å²) in [5.74, 6) is -0.390. The van der Waals surface area contributed by atoms with Gasteiger partial charge in [-0.2, -0.15) is 4.98 Å². The summed E-state index contributed by atoms with van der Waals surface area (Å²) in [4.78, 5) is 31.1. The molecule has 1 aromatic heterocycles. The van der Waals surface area contributed by atoms with Crippen LogP contribution in [0.25, 0.3) is 11.1 Å². The molecule has 3 aromatic carbocycles. The molecule has 4 N–H and O–H groups in total. The number of amides is 1. The minimum absolute atomic E-state index is 0.0253. The summed E-state index contributed by atoms with van der Waals surface area (Å²) >= 11 is 0. The molecular formula is C31H36N4O5. The molecule has 210 valence electrons. The van der Waals surface area contributed by atoms with Crippen molar-refractivity contribution in [3.05, 3.63) is 77.4 Å². The maximum Gasteiger partial charge on any atom is 0.335 e. The van der Waals surface area contributed by atoms with E-state index in [4.69, 9.17) is 20.0 Å². The quantitative estimate of drug-likeness (QED) is 0.184. The number of oxazole rings is 1. The van der Waals surface area contributed by atoms with Gasteiger partial charge in [-0.25, -0.2) is 4.79 Å². The SMILES string of the molecule is CCC(C)CN(C(=O)Cc1ccc2nc(Nc3ccccc3C)oc2c1)C(C)COc1ccc(C(=O)O)cc1N. The number of aryl methyl sites for hydroxylation is 1. The smallest absolute Gasteiger partial charge is 0.335 e. The third kappa shape index (κ3) is 6.91. The number of hydrogen-bond acceptors (Lipinski definition) is 7. The summed E-state index contributed by atoms with van der Waals surface area (Å²) in [5.41, 5.74) is 10.5. The zero-order valence-electron chi connectivity index (χ0n) is 23.3. The number of nitrogen functional groups attached to an aromatic ring is 1. The van der Waals surface area contributed by atoms with Gasteiger partial charge in [-0.15, -0.1) is 0 Å².